The first-order chi connectivity index (χ1) is 14.1. The molecule has 6 heteroatoms. The number of aliphatic imine (C=N–C) groups is 1. The van der Waals surface area contributed by atoms with Gasteiger partial charge in [-0.05, 0) is 70.3 Å². The average Bonchev–Trinajstić information content (AvgIpc) is 3.43. The quantitative estimate of drug-likeness (QED) is 0.466. The van der Waals surface area contributed by atoms with Gasteiger partial charge < -0.3 is 15.4 Å². The molecule has 1 heterocycles. The van der Waals surface area contributed by atoms with Gasteiger partial charge in [0.05, 0.1) is 13.2 Å². The van der Waals surface area contributed by atoms with E-state index in [1.165, 1.54) is 31.2 Å². The molecule has 2 fully saturated rings. The zero-order valence-electron chi connectivity index (χ0n) is 18.7. The first-order valence-corrected chi connectivity index (χ1v) is 11.2. The van der Waals surface area contributed by atoms with Gasteiger partial charge in [-0.3, -0.25) is 14.8 Å². The zero-order chi connectivity index (χ0) is 20.6. The van der Waals surface area contributed by atoms with Crippen LogP contribution in [0.4, 0.5) is 0 Å². The molecule has 1 saturated heterocycles. The molecule has 1 aliphatic heterocycles. The number of benzene rings is 1. The van der Waals surface area contributed by atoms with E-state index in [-0.39, 0.29) is 0 Å². The Bertz CT molecular complexity index is 650. The second-order valence-corrected chi connectivity index (χ2v) is 8.48. The van der Waals surface area contributed by atoms with E-state index in [2.05, 4.69) is 57.5 Å². The Kier molecular flexibility index (Phi) is 8.19. The van der Waals surface area contributed by atoms with Crippen LogP contribution in [0.25, 0.3) is 0 Å². The summed E-state index contributed by atoms with van der Waals surface area (Å²) < 4.78 is 5.45. The lowest BCUT2D eigenvalue weighted by atomic mass is 10.1. The van der Waals surface area contributed by atoms with Crippen LogP contribution < -0.4 is 15.4 Å². The second kappa shape index (κ2) is 10.8. The number of rotatable bonds is 10. The Morgan fingerprint density at radius 3 is 2.62 bits per heavy atom. The maximum Gasteiger partial charge on any atom is 0.191 e. The Balaban J connectivity index is 1.55. The lowest BCUT2D eigenvalue weighted by Gasteiger charge is -2.29. The van der Waals surface area contributed by atoms with E-state index < -0.39 is 0 Å². The molecule has 162 valence electrons. The van der Waals surface area contributed by atoms with Gasteiger partial charge in [-0.1, -0.05) is 12.1 Å². The number of nitrogens with one attached hydrogen (secondary N) is 2. The van der Waals surface area contributed by atoms with Gasteiger partial charge in [0.25, 0.3) is 0 Å². The summed E-state index contributed by atoms with van der Waals surface area (Å²) in [6.07, 6.45) is 5.26. The van der Waals surface area contributed by atoms with Crippen molar-refractivity contribution < 1.29 is 4.74 Å². The summed E-state index contributed by atoms with van der Waals surface area (Å²) in [4.78, 5) is 9.62. The van der Waals surface area contributed by atoms with Gasteiger partial charge in [0, 0.05) is 38.8 Å². The molecule has 1 saturated carbocycles. The summed E-state index contributed by atoms with van der Waals surface area (Å²) in [5, 5.41) is 7.08. The first-order valence-electron chi connectivity index (χ1n) is 11.2. The summed E-state index contributed by atoms with van der Waals surface area (Å²) in [5.41, 5.74) is 1.30. The number of likely N-dealkylation sites (tertiary alicyclic amines) is 1. The summed E-state index contributed by atoms with van der Waals surface area (Å²) in [6, 6.07) is 10.2. The van der Waals surface area contributed by atoms with Gasteiger partial charge in [-0.15, -0.1) is 0 Å². The number of ether oxygens (including phenoxy) is 1. The van der Waals surface area contributed by atoms with Gasteiger partial charge in [-0.2, -0.15) is 0 Å². The third kappa shape index (κ3) is 6.34. The minimum Gasteiger partial charge on any atom is -0.497 e. The molecule has 2 N–H and O–H groups in total. The Labute approximate surface area is 176 Å². The minimum absolute atomic E-state index is 0.324. The maximum absolute atomic E-state index is 5.45. The van der Waals surface area contributed by atoms with Crippen LogP contribution in [0.5, 0.6) is 5.75 Å². The largest absolute Gasteiger partial charge is 0.497 e. The van der Waals surface area contributed by atoms with E-state index in [1.54, 1.807) is 7.11 Å². The van der Waals surface area contributed by atoms with E-state index in [0.29, 0.717) is 12.1 Å². The minimum atomic E-state index is 0.324. The predicted octanol–water partition coefficient (Wildman–Crippen LogP) is 2.87. The average molecular weight is 402 g/mol. The molecule has 0 amide bonds. The van der Waals surface area contributed by atoms with Gasteiger partial charge in [-0.25, -0.2) is 0 Å². The SMILES string of the molecule is CN=C(NCCN(C(C)C)C1CC1)NCC(c1cccc(OC)c1)N1CCCC1. The smallest absolute Gasteiger partial charge is 0.191 e. The highest BCUT2D eigenvalue weighted by Crippen LogP contribution is 2.28. The van der Waals surface area contributed by atoms with Crippen LogP contribution >= 0.6 is 0 Å². The normalized spacial score (nSPS) is 19.0. The van der Waals surface area contributed by atoms with Crippen molar-refractivity contribution in [3.05, 3.63) is 29.8 Å². The molecule has 0 bridgehead atoms. The summed E-state index contributed by atoms with van der Waals surface area (Å²) in [7, 11) is 3.59. The van der Waals surface area contributed by atoms with Crippen molar-refractivity contribution in [2.24, 2.45) is 4.99 Å². The van der Waals surface area contributed by atoms with E-state index in [4.69, 9.17) is 4.74 Å². The molecule has 2 aliphatic rings. The van der Waals surface area contributed by atoms with Crippen molar-refractivity contribution in [1.29, 1.82) is 0 Å². The molecule has 1 aromatic rings. The third-order valence-electron chi connectivity index (χ3n) is 6.09. The van der Waals surface area contributed by atoms with Crippen LogP contribution in [0.15, 0.2) is 29.3 Å². The Morgan fingerprint density at radius 1 is 1.24 bits per heavy atom. The van der Waals surface area contributed by atoms with Crippen LogP contribution in [-0.2, 0) is 0 Å². The summed E-state index contributed by atoms with van der Waals surface area (Å²) >= 11 is 0. The van der Waals surface area contributed by atoms with Crippen molar-refractivity contribution in [1.82, 2.24) is 20.4 Å². The standard InChI is InChI=1S/C23H39N5O/c1-18(2)28(20-10-11-20)15-12-25-23(24-3)26-17-22(27-13-5-6-14-27)19-8-7-9-21(16-19)29-4/h7-9,16,18,20,22H,5-6,10-15,17H2,1-4H3,(H2,24,25,26). The maximum atomic E-state index is 5.45. The number of methoxy groups -OCH3 is 1. The fraction of sp³-hybridized carbons (Fsp3) is 0.696. The van der Waals surface area contributed by atoms with E-state index >= 15 is 0 Å². The number of nitrogens with zero attached hydrogens (tertiary/aromatic N) is 3. The van der Waals surface area contributed by atoms with Crippen molar-refractivity contribution in [2.75, 3.05) is 46.9 Å². The van der Waals surface area contributed by atoms with E-state index in [1.807, 2.05) is 13.1 Å². The highest BCUT2D eigenvalue weighted by Gasteiger charge is 2.30. The molecule has 6 nitrogen and oxygen atoms in total. The van der Waals surface area contributed by atoms with Crippen molar-refractivity contribution in [3.8, 4) is 5.75 Å². The number of hydrogen-bond acceptors (Lipinski definition) is 4. The van der Waals surface area contributed by atoms with E-state index in [9.17, 15) is 0 Å². The van der Waals surface area contributed by atoms with E-state index in [0.717, 1.165) is 50.5 Å². The van der Waals surface area contributed by atoms with Gasteiger partial charge in [0.1, 0.15) is 5.75 Å². The first kappa shape index (κ1) is 21.9. The van der Waals surface area contributed by atoms with Crippen molar-refractivity contribution >= 4 is 5.96 Å². The van der Waals surface area contributed by atoms with Gasteiger partial charge in [0.15, 0.2) is 5.96 Å². The molecule has 0 spiro atoms. The lowest BCUT2D eigenvalue weighted by molar-refractivity contribution is 0.214. The molecule has 1 atom stereocenters. The zero-order valence-corrected chi connectivity index (χ0v) is 18.7. The van der Waals surface area contributed by atoms with Crippen molar-refractivity contribution in [2.45, 2.75) is 57.7 Å². The molecular weight excluding hydrogens is 362 g/mol. The van der Waals surface area contributed by atoms with Crippen molar-refractivity contribution in [3.63, 3.8) is 0 Å². The fourth-order valence-electron chi connectivity index (χ4n) is 4.35. The molecule has 1 aromatic carbocycles. The molecular formula is C23H39N5O. The molecule has 1 aliphatic carbocycles. The highest BCUT2D eigenvalue weighted by molar-refractivity contribution is 5.79. The van der Waals surface area contributed by atoms with Crippen LogP contribution in [0.1, 0.15) is 51.1 Å². The number of guanidine groups is 1. The Morgan fingerprint density at radius 2 is 2.00 bits per heavy atom. The molecule has 0 aromatic heterocycles. The Hall–Kier alpha value is -1.79. The van der Waals surface area contributed by atoms with Crippen LogP contribution in [0.2, 0.25) is 0 Å². The van der Waals surface area contributed by atoms with Crippen LogP contribution in [0, 0.1) is 0 Å². The lowest BCUT2D eigenvalue weighted by Crippen LogP contribution is -2.46. The highest BCUT2D eigenvalue weighted by atomic mass is 16.5. The van der Waals surface area contributed by atoms with Crippen LogP contribution in [-0.4, -0.2) is 74.7 Å². The number of hydrogen-bond donors (Lipinski definition) is 2. The fourth-order valence-corrected chi connectivity index (χ4v) is 4.35. The molecule has 3 rings (SSSR count). The summed E-state index contributed by atoms with van der Waals surface area (Å²) in [5.74, 6) is 1.81. The molecule has 0 radical (unpaired) electrons. The molecule has 29 heavy (non-hydrogen) atoms. The monoisotopic (exact) mass is 401 g/mol. The predicted molar refractivity (Wildman–Crippen MR) is 121 cm³/mol. The van der Waals surface area contributed by atoms with Crippen LogP contribution in [0.3, 0.4) is 0 Å². The second-order valence-electron chi connectivity index (χ2n) is 8.48. The van der Waals surface area contributed by atoms with Gasteiger partial charge in [0.2, 0.25) is 0 Å². The van der Waals surface area contributed by atoms with Gasteiger partial charge >= 0.3 is 0 Å². The molecule has 1 unspecified atom stereocenters. The summed E-state index contributed by atoms with van der Waals surface area (Å²) in [6.45, 7) is 9.71. The third-order valence-corrected chi connectivity index (χ3v) is 6.09. The topological polar surface area (TPSA) is 52.1 Å².